The molecule has 0 bridgehead atoms. The number of hydrogen-bond acceptors (Lipinski definition) is 5. The molecule has 0 aliphatic carbocycles. The molecule has 0 fully saturated rings. The fourth-order valence-electron chi connectivity index (χ4n) is 6.10. The zero-order valence-corrected chi connectivity index (χ0v) is 26.0. The molecule has 0 unspecified atom stereocenters. The Bertz CT molecular complexity index is 2500. The lowest BCUT2D eigenvalue weighted by atomic mass is 9.97. The molecular weight excluding hydrogens is 593 g/mol. The standard InChI is InChI=1S/C42H26N4S/c1-4-10-27(11-5-1)39-44-40(28-12-6-2-7-13-28)46-41(45-39)35-19-18-31-24-30(16-17-32(31)26-35)33-20-22-36-34(25-33)21-23-37-38(36)47-42(43-37)29-14-8-3-9-15-29/h1-26H. The van der Waals surface area contributed by atoms with E-state index in [2.05, 4.69) is 91.0 Å². The van der Waals surface area contributed by atoms with E-state index in [9.17, 15) is 0 Å². The molecule has 47 heavy (non-hydrogen) atoms. The molecule has 2 heterocycles. The predicted molar refractivity (Wildman–Crippen MR) is 195 cm³/mol. The first-order chi connectivity index (χ1) is 23.2. The third-order valence-electron chi connectivity index (χ3n) is 8.52. The summed E-state index contributed by atoms with van der Waals surface area (Å²) in [7, 11) is 0. The number of aromatic nitrogens is 4. The van der Waals surface area contributed by atoms with Crippen molar-refractivity contribution in [3.8, 4) is 55.9 Å². The fourth-order valence-corrected chi connectivity index (χ4v) is 7.21. The highest BCUT2D eigenvalue weighted by Gasteiger charge is 2.14. The molecule has 0 atom stereocenters. The van der Waals surface area contributed by atoms with Crippen LogP contribution in [0.25, 0.3) is 87.6 Å². The molecule has 0 radical (unpaired) electrons. The van der Waals surface area contributed by atoms with Crippen LogP contribution in [0.2, 0.25) is 0 Å². The van der Waals surface area contributed by atoms with Crippen LogP contribution in [0.4, 0.5) is 0 Å². The minimum absolute atomic E-state index is 0.656. The molecular formula is C42H26N4S. The number of benzene rings is 7. The second kappa shape index (κ2) is 11.4. The maximum atomic E-state index is 4.92. The van der Waals surface area contributed by atoms with Gasteiger partial charge in [0.2, 0.25) is 0 Å². The lowest BCUT2D eigenvalue weighted by Crippen LogP contribution is -2.00. The minimum atomic E-state index is 0.656. The Balaban J connectivity index is 1.08. The summed E-state index contributed by atoms with van der Waals surface area (Å²) >= 11 is 1.76. The SMILES string of the molecule is c1ccc(-c2nc(-c3ccccc3)nc(-c3ccc4cc(-c5ccc6c(ccc7nc(-c8ccccc8)sc76)c5)ccc4c3)n2)cc1. The van der Waals surface area contributed by atoms with Crippen LogP contribution in [0.5, 0.6) is 0 Å². The van der Waals surface area contributed by atoms with Crippen molar-refractivity contribution in [2.45, 2.75) is 0 Å². The molecule has 4 nitrogen and oxygen atoms in total. The normalized spacial score (nSPS) is 11.4. The summed E-state index contributed by atoms with van der Waals surface area (Å²) in [5, 5.41) is 5.80. The molecule has 2 aromatic heterocycles. The third-order valence-corrected chi connectivity index (χ3v) is 9.68. The van der Waals surface area contributed by atoms with Gasteiger partial charge in [0.1, 0.15) is 5.01 Å². The largest absolute Gasteiger partial charge is 0.236 e. The summed E-state index contributed by atoms with van der Waals surface area (Å²) in [5.74, 6) is 1.98. The van der Waals surface area contributed by atoms with Gasteiger partial charge in [0, 0.05) is 27.6 Å². The van der Waals surface area contributed by atoms with Crippen LogP contribution < -0.4 is 0 Å². The molecule has 5 heteroatoms. The Morgan fingerprint density at radius 1 is 0.340 bits per heavy atom. The van der Waals surface area contributed by atoms with E-state index < -0.39 is 0 Å². The fraction of sp³-hybridized carbons (Fsp3) is 0. The first kappa shape index (κ1) is 27.3. The highest BCUT2D eigenvalue weighted by molar-refractivity contribution is 7.22. The van der Waals surface area contributed by atoms with Crippen LogP contribution in [0.3, 0.4) is 0 Å². The molecule has 0 saturated carbocycles. The summed E-state index contributed by atoms with van der Waals surface area (Å²) < 4.78 is 1.23. The van der Waals surface area contributed by atoms with Gasteiger partial charge in [-0.15, -0.1) is 11.3 Å². The van der Waals surface area contributed by atoms with E-state index in [0.717, 1.165) is 43.6 Å². The van der Waals surface area contributed by atoms with E-state index >= 15 is 0 Å². The van der Waals surface area contributed by atoms with Gasteiger partial charge in [-0.25, -0.2) is 19.9 Å². The first-order valence-electron chi connectivity index (χ1n) is 15.6. The van der Waals surface area contributed by atoms with Gasteiger partial charge in [-0.1, -0.05) is 133 Å². The molecule has 9 rings (SSSR count). The van der Waals surface area contributed by atoms with Gasteiger partial charge in [0.15, 0.2) is 17.5 Å². The molecule has 220 valence electrons. The number of hydrogen-bond donors (Lipinski definition) is 0. The van der Waals surface area contributed by atoms with Crippen LogP contribution in [0, 0.1) is 0 Å². The van der Waals surface area contributed by atoms with E-state index in [1.54, 1.807) is 11.3 Å². The number of nitrogens with zero attached hydrogens (tertiary/aromatic N) is 4. The first-order valence-corrected chi connectivity index (χ1v) is 16.4. The van der Waals surface area contributed by atoms with Crippen LogP contribution in [-0.2, 0) is 0 Å². The van der Waals surface area contributed by atoms with Crippen LogP contribution in [-0.4, -0.2) is 19.9 Å². The average molecular weight is 619 g/mol. The summed E-state index contributed by atoms with van der Waals surface area (Å²) in [5.41, 5.74) is 7.44. The van der Waals surface area contributed by atoms with Crippen molar-refractivity contribution in [3.05, 3.63) is 158 Å². The Hall–Kier alpha value is -6.04. The van der Waals surface area contributed by atoms with E-state index in [-0.39, 0.29) is 0 Å². The Kier molecular flexibility index (Phi) is 6.61. The summed E-state index contributed by atoms with van der Waals surface area (Å²) in [6.45, 7) is 0. The lowest BCUT2D eigenvalue weighted by molar-refractivity contribution is 1.07. The van der Waals surface area contributed by atoms with E-state index in [0.29, 0.717) is 17.5 Å². The van der Waals surface area contributed by atoms with Crippen molar-refractivity contribution in [2.24, 2.45) is 0 Å². The molecule has 0 N–H and O–H groups in total. The van der Waals surface area contributed by atoms with E-state index in [4.69, 9.17) is 19.9 Å². The highest BCUT2D eigenvalue weighted by Crippen LogP contribution is 2.37. The number of thiazole rings is 1. The predicted octanol–water partition coefficient (Wildman–Crippen LogP) is 11.1. The summed E-state index contributed by atoms with van der Waals surface area (Å²) in [6, 6.07) is 54.7. The molecule has 0 aliphatic rings. The van der Waals surface area contributed by atoms with Gasteiger partial charge in [-0.3, -0.25) is 0 Å². The van der Waals surface area contributed by atoms with Crippen LogP contribution >= 0.6 is 11.3 Å². The quantitative estimate of drug-likeness (QED) is 0.193. The zero-order valence-electron chi connectivity index (χ0n) is 25.2. The molecule has 0 aliphatic heterocycles. The molecule has 0 amide bonds. The molecule has 9 aromatic rings. The number of rotatable bonds is 5. The van der Waals surface area contributed by atoms with Gasteiger partial charge in [-0.2, -0.15) is 0 Å². The van der Waals surface area contributed by atoms with Crippen LogP contribution in [0.15, 0.2) is 158 Å². The second-order valence-corrected chi connectivity index (χ2v) is 12.5. The topological polar surface area (TPSA) is 51.6 Å². The van der Waals surface area contributed by atoms with Gasteiger partial charge in [-0.05, 0) is 51.6 Å². The van der Waals surface area contributed by atoms with Crippen molar-refractivity contribution < 1.29 is 0 Å². The van der Waals surface area contributed by atoms with Gasteiger partial charge in [0.25, 0.3) is 0 Å². The monoisotopic (exact) mass is 618 g/mol. The van der Waals surface area contributed by atoms with Crippen molar-refractivity contribution in [1.82, 2.24) is 19.9 Å². The highest BCUT2D eigenvalue weighted by atomic mass is 32.1. The van der Waals surface area contributed by atoms with E-state index in [1.807, 2.05) is 66.7 Å². The molecule has 0 saturated heterocycles. The molecule has 0 spiro atoms. The Labute approximate surface area is 275 Å². The second-order valence-electron chi connectivity index (χ2n) is 11.5. The summed E-state index contributed by atoms with van der Waals surface area (Å²) in [6.07, 6.45) is 0. The smallest absolute Gasteiger partial charge is 0.164 e. The Morgan fingerprint density at radius 2 is 0.809 bits per heavy atom. The van der Waals surface area contributed by atoms with Crippen molar-refractivity contribution >= 4 is 43.1 Å². The zero-order chi connectivity index (χ0) is 31.2. The maximum absolute atomic E-state index is 4.92. The van der Waals surface area contributed by atoms with Crippen molar-refractivity contribution in [3.63, 3.8) is 0 Å². The van der Waals surface area contributed by atoms with Gasteiger partial charge >= 0.3 is 0 Å². The summed E-state index contributed by atoms with van der Waals surface area (Å²) in [4.78, 5) is 19.6. The van der Waals surface area contributed by atoms with Crippen LogP contribution in [0.1, 0.15) is 0 Å². The minimum Gasteiger partial charge on any atom is -0.236 e. The lowest BCUT2D eigenvalue weighted by Gasteiger charge is -2.10. The Morgan fingerprint density at radius 3 is 1.43 bits per heavy atom. The van der Waals surface area contributed by atoms with Gasteiger partial charge < -0.3 is 0 Å². The average Bonchev–Trinajstić information content (AvgIpc) is 3.60. The van der Waals surface area contributed by atoms with Gasteiger partial charge in [0.05, 0.1) is 10.2 Å². The van der Waals surface area contributed by atoms with Crippen molar-refractivity contribution in [1.29, 1.82) is 0 Å². The maximum Gasteiger partial charge on any atom is 0.164 e. The van der Waals surface area contributed by atoms with E-state index in [1.165, 1.54) is 26.6 Å². The third kappa shape index (κ3) is 5.13. The van der Waals surface area contributed by atoms with Crippen molar-refractivity contribution in [2.75, 3.05) is 0 Å². The number of fused-ring (bicyclic) bond motifs is 4. The molecule has 7 aromatic carbocycles.